The van der Waals surface area contributed by atoms with E-state index in [0.717, 1.165) is 21.2 Å². The predicted molar refractivity (Wildman–Crippen MR) is 145 cm³/mol. The number of halogens is 3. The summed E-state index contributed by atoms with van der Waals surface area (Å²) in [6, 6.07) is 21.8. The normalized spacial score (nSPS) is 14.8. The molecule has 37 heavy (non-hydrogen) atoms. The first kappa shape index (κ1) is 24.8. The molecule has 6 nitrogen and oxygen atoms in total. The van der Waals surface area contributed by atoms with E-state index >= 15 is 0 Å². The fourth-order valence-electron chi connectivity index (χ4n) is 3.98. The third-order valence-corrected chi connectivity index (χ3v) is 6.93. The molecule has 1 heterocycles. The van der Waals surface area contributed by atoms with E-state index in [9.17, 15) is 14.4 Å². The van der Waals surface area contributed by atoms with Crippen molar-refractivity contribution in [3.05, 3.63) is 111 Å². The van der Waals surface area contributed by atoms with Crippen LogP contribution in [0.3, 0.4) is 0 Å². The van der Waals surface area contributed by atoms with Crippen LogP contribution in [0.4, 0.5) is 10.5 Å². The lowest BCUT2D eigenvalue weighted by Crippen LogP contribution is -2.54. The Morgan fingerprint density at radius 2 is 1.57 bits per heavy atom. The molecular formula is C28H17Cl3N2O4. The topological polar surface area (TPSA) is 75.7 Å². The van der Waals surface area contributed by atoms with Gasteiger partial charge in [0.1, 0.15) is 17.9 Å². The Balaban J connectivity index is 1.59. The molecule has 0 aromatic heterocycles. The number of benzene rings is 4. The second kappa shape index (κ2) is 10.3. The molecule has 0 atom stereocenters. The van der Waals surface area contributed by atoms with Crippen LogP contribution in [0.2, 0.25) is 15.1 Å². The van der Waals surface area contributed by atoms with Gasteiger partial charge in [0.25, 0.3) is 11.8 Å². The zero-order chi connectivity index (χ0) is 26.1. The predicted octanol–water partition coefficient (Wildman–Crippen LogP) is 7.05. The number of fused-ring (bicyclic) bond motifs is 1. The molecule has 0 aliphatic carbocycles. The molecule has 1 aliphatic heterocycles. The number of hydrogen-bond donors (Lipinski definition) is 1. The van der Waals surface area contributed by atoms with Crippen molar-refractivity contribution in [2.45, 2.75) is 6.61 Å². The number of rotatable bonds is 5. The number of nitrogens with zero attached hydrogens (tertiary/aromatic N) is 1. The van der Waals surface area contributed by atoms with Gasteiger partial charge in [0.05, 0.1) is 15.7 Å². The Morgan fingerprint density at radius 3 is 2.35 bits per heavy atom. The van der Waals surface area contributed by atoms with Crippen molar-refractivity contribution in [1.82, 2.24) is 5.32 Å². The second-order valence-corrected chi connectivity index (χ2v) is 9.36. The van der Waals surface area contributed by atoms with Crippen LogP contribution in [0.5, 0.6) is 5.75 Å². The lowest BCUT2D eigenvalue weighted by molar-refractivity contribution is -0.122. The summed E-state index contributed by atoms with van der Waals surface area (Å²) in [5, 5.41) is 4.83. The summed E-state index contributed by atoms with van der Waals surface area (Å²) in [4.78, 5) is 39.7. The molecule has 0 saturated carbocycles. The third kappa shape index (κ3) is 4.91. The number of barbiturate groups is 1. The fourth-order valence-corrected chi connectivity index (χ4v) is 4.46. The molecule has 0 radical (unpaired) electrons. The maximum absolute atomic E-state index is 13.5. The third-order valence-electron chi connectivity index (χ3n) is 5.82. The molecule has 5 rings (SSSR count). The second-order valence-electron chi connectivity index (χ2n) is 8.13. The number of carbonyl (C=O) groups excluding carboxylic acids is 3. The minimum atomic E-state index is -0.890. The molecule has 4 amide bonds. The maximum atomic E-state index is 13.5. The van der Waals surface area contributed by atoms with Crippen molar-refractivity contribution < 1.29 is 19.1 Å². The number of urea groups is 1. The largest absolute Gasteiger partial charge is 0.488 e. The summed E-state index contributed by atoms with van der Waals surface area (Å²) < 4.78 is 6.10. The van der Waals surface area contributed by atoms with E-state index in [-0.39, 0.29) is 27.9 Å². The molecule has 184 valence electrons. The van der Waals surface area contributed by atoms with Crippen LogP contribution in [-0.2, 0) is 16.2 Å². The SMILES string of the molecule is O=C1NC(=O)N(c2ccc(Cl)c(Cl)c2)C(=O)/C1=C/c1c(OCc2ccccc2Cl)ccc2ccccc12. The molecule has 4 aromatic rings. The van der Waals surface area contributed by atoms with Gasteiger partial charge in [-0.05, 0) is 47.2 Å². The Morgan fingerprint density at radius 1 is 0.811 bits per heavy atom. The minimum Gasteiger partial charge on any atom is -0.488 e. The maximum Gasteiger partial charge on any atom is 0.335 e. The first-order valence-electron chi connectivity index (χ1n) is 11.1. The van der Waals surface area contributed by atoms with Crippen LogP contribution < -0.4 is 15.0 Å². The summed E-state index contributed by atoms with van der Waals surface area (Å²) in [6.45, 7) is 0.169. The van der Waals surface area contributed by atoms with Crippen molar-refractivity contribution in [2.75, 3.05) is 4.90 Å². The lowest BCUT2D eigenvalue weighted by atomic mass is 9.99. The van der Waals surface area contributed by atoms with Crippen LogP contribution in [0.1, 0.15) is 11.1 Å². The lowest BCUT2D eigenvalue weighted by Gasteiger charge is -2.26. The molecule has 4 aromatic carbocycles. The summed E-state index contributed by atoms with van der Waals surface area (Å²) >= 11 is 18.4. The van der Waals surface area contributed by atoms with E-state index in [1.165, 1.54) is 24.3 Å². The van der Waals surface area contributed by atoms with Crippen molar-refractivity contribution in [3.8, 4) is 5.75 Å². The highest BCUT2D eigenvalue weighted by Crippen LogP contribution is 2.34. The first-order chi connectivity index (χ1) is 17.8. The number of anilines is 1. The Labute approximate surface area is 227 Å². The van der Waals surface area contributed by atoms with E-state index < -0.39 is 17.8 Å². The average Bonchev–Trinajstić information content (AvgIpc) is 2.88. The molecule has 9 heteroatoms. The van der Waals surface area contributed by atoms with Gasteiger partial charge in [0.2, 0.25) is 0 Å². The van der Waals surface area contributed by atoms with Crippen LogP contribution in [0.25, 0.3) is 16.8 Å². The molecule has 0 bridgehead atoms. The highest BCUT2D eigenvalue weighted by molar-refractivity contribution is 6.43. The average molecular weight is 552 g/mol. The van der Waals surface area contributed by atoms with Gasteiger partial charge in [0.15, 0.2) is 0 Å². The van der Waals surface area contributed by atoms with Crippen molar-refractivity contribution in [3.63, 3.8) is 0 Å². The van der Waals surface area contributed by atoms with E-state index in [2.05, 4.69) is 5.32 Å². The zero-order valence-corrected chi connectivity index (χ0v) is 21.3. The molecule has 1 saturated heterocycles. The molecule has 0 spiro atoms. The van der Waals surface area contributed by atoms with Gasteiger partial charge in [-0.25, -0.2) is 9.69 Å². The Hall–Kier alpha value is -3.84. The smallest absolute Gasteiger partial charge is 0.335 e. The van der Waals surface area contributed by atoms with Gasteiger partial charge in [-0.1, -0.05) is 83.3 Å². The van der Waals surface area contributed by atoms with Crippen LogP contribution >= 0.6 is 34.8 Å². The number of hydrogen-bond acceptors (Lipinski definition) is 4. The quantitative estimate of drug-likeness (QED) is 0.213. The molecule has 0 unspecified atom stereocenters. The van der Waals surface area contributed by atoms with Crippen molar-refractivity contribution in [1.29, 1.82) is 0 Å². The van der Waals surface area contributed by atoms with Crippen LogP contribution in [-0.4, -0.2) is 17.8 Å². The summed E-state index contributed by atoms with van der Waals surface area (Å²) in [5.41, 5.74) is 1.21. The molecule has 1 aliphatic rings. The van der Waals surface area contributed by atoms with E-state index in [4.69, 9.17) is 39.5 Å². The van der Waals surface area contributed by atoms with Gasteiger partial charge < -0.3 is 4.74 Å². The van der Waals surface area contributed by atoms with Crippen molar-refractivity contribution in [2.24, 2.45) is 0 Å². The molecule has 1 N–H and O–H groups in total. The number of amides is 4. The van der Waals surface area contributed by atoms with E-state index in [1.807, 2.05) is 48.5 Å². The van der Waals surface area contributed by atoms with Gasteiger partial charge in [-0.2, -0.15) is 0 Å². The number of ether oxygens (including phenoxy) is 1. The van der Waals surface area contributed by atoms with E-state index in [0.29, 0.717) is 16.3 Å². The summed E-state index contributed by atoms with van der Waals surface area (Å²) in [7, 11) is 0. The highest BCUT2D eigenvalue weighted by atomic mass is 35.5. The number of nitrogens with one attached hydrogen (secondary N) is 1. The van der Waals surface area contributed by atoms with Crippen molar-refractivity contribution >= 4 is 75.2 Å². The summed E-state index contributed by atoms with van der Waals surface area (Å²) in [5.74, 6) is -1.20. The monoisotopic (exact) mass is 550 g/mol. The fraction of sp³-hybridized carbons (Fsp3) is 0.0357. The standard InChI is InChI=1S/C28H17Cl3N2O4/c29-22-8-4-2-6-17(22)15-37-25-12-9-16-5-1-3-7-19(16)20(25)14-21-26(34)32-28(36)33(27(21)35)18-10-11-23(30)24(31)13-18/h1-14H,15H2,(H,32,34,36)/b21-14+. The Kier molecular flexibility index (Phi) is 6.89. The van der Waals surface area contributed by atoms with Crippen LogP contribution in [0.15, 0.2) is 84.4 Å². The molecule has 1 fully saturated rings. The van der Waals surface area contributed by atoms with Gasteiger partial charge in [0, 0.05) is 16.1 Å². The van der Waals surface area contributed by atoms with Gasteiger partial charge in [-0.3, -0.25) is 14.9 Å². The Bertz CT molecular complexity index is 1620. The number of carbonyl (C=O) groups is 3. The number of imide groups is 2. The van der Waals surface area contributed by atoms with Crippen LogP contribution in [0, 0.1) is 0 Å². The summed E-state index contributed by atoms with van der Waals surface area (Å²) in [6.07, 6.45) is 1.43. The van der Waals surface area contributed by atoms with E-state index in [1.54, 1.807) is 12.1 Å². The minimum absolute atomic E-state index is 0.159. The van der Waals surface area contributed by atoms with Gasteiger partial charge >= 0.3 is 6.03 Å². The molecular weight excluding hydrogens is 535 g/mol. The zero-order valence-electron chi connectivity index (χ0n) is 19.0. The first-order valence-corrected chi connectivity index (χ1v) is 12.2. The van der Waals surface area contributed by atoms with Gasteiger partial charge in [-0.15, -0.1) is 0 Å². The highest BCUT2D eigenvalue weighted by Gasteiger charge is 2.37.